The molecule has 0 saturated heterocycles. The summed E-state index contributed by atoms with van der Waals surface area (Å²) in [7, 11) is 0. The molecule has 0 fully saturated rings. The van der Waals surface area contributed by atoms with Crippen molar-refractivity contribution in [1.82, 2.24) is 9.58 Å². The molecular weight excluding hydrogens is 359 g/mol. The van der Waals surface area contributed by atoms with Gasteiger partial charge in [-0.1, -0.05) is 18.2 Å². The van der Waals surface area contributed by atoms with Gasteiger partial charge in [0.2, 0.25) is 0 Å². The third kappa shape index (κ3) is 2.74. The molecule has 1 aromatic carbocycles. The SMILES string of the molecule is CC1=NN(C(=O)Cn2c3c(c4ccccc42)CCCC3)[C@@](O)(C(F)(F)F)C1. The van der Waals surface area contributed by atoms with Crippen molar-refractivity contribution >= 4 is 22.5 Å². The van der Waals surface area contributed by atoms with Gasteiger partial charge in [0, 0.05) is 28.7 Å². The zero-order valence-electron chi connectivity index (χ0n) is 14.9. The van der Waals surface area contributed by atoms with Gasteiger partial charge in [0.1, 0.15) is 6.54 Å². The Hall–Kier alpha value is -2.35. The summed E-state index contributed by atoms with van der Waals surface area (Å²) in [5.74, 6) is -0.874. The number of aliphatic hydroxyl groups is 1. The van der Waals surface area contributed by atoms with Crippen LogP contribution in [0.25, 0.3) is 10.9 Å². The fourth-order valence-electron chi connectivity index (χ4n) is 4.17. The molecule has 4 rings (SSSR count). The lowest BCUT2D eigenvalue weighted by Crippen LogP contribution is -2.57. The number of amides is 1. The number of hydrazone groups is 1. The van der Waals surface area contributed by atoms with E-state index in [4.69, 9.17) is 0 Å². The highest BCUT2D eigenvalue weighted by atomic mass is 19.4. The van der Waals surface area contributed by atoms with E-state index in [1.807, 2.05) is 24.3 Å². The van der Waals surface area contributed by atoms with E-state index in [-0.39, 0.29) is 17.3 Å². The average molecular weight is 379 g/mol. The Balaban J connectivity index is 1.74. The van der Waals surface area contributed by atoms with Crippen molar-refractivity contribution < 1.29 is 23.1 Å². The zero-order valence-corrected chi connectivity index (χ0v) is 14.9. The Morgan fingerprint density at radius 3 is 2.70 bits per heavy atom. The molecule has 2 aromatic rings. The lowest BCUT2D eigenvalue weighted by atomic mass is 9.95. The maximum atomic E-state index is 13.4. The van der Waals surface area contributed by atoms with Crippen molar-refractivity contribution in [2.75, 3.05) is 0 Å². The lowest BCUT2D eigenvalue weighted by molar-refractivity contribution is -0.302. The first kappa shape index (κ1) is 18.0. The molecule has 5 nitrogen and oxygen atoms in total. The number of aromatic nitrogens is 1. The maximum Gasteiger partial charge on any atom is 0.438 e. The number of hydrogen-bond acceptors (Lipinski definition) is 3. The third-order valence-electron chi connectivity index (χ3n) is 5.39. The maximum absolute atomic E-state index is 13.4. The summed E-state index contributed by atoms with van der Waals surface area (Å²) < 4.78 is 42.0. The first-order chi connectivity index (χ1) is 12.7. The molecule has 0 saturated carbocycles. The molecule has 1 aliphatic heterocycles. The summed E-state index contributed by atoms with van der Waals surface area (Å²) in [6.45, 7) is 1.09. The van der Waals surface area contributed by atoms with Gasteiger partial charge < -0.3 is 9.67 Å². The molecule has 0 radical (unpaired) electrons. The largest absolute Gasteiger partial charge is 0.438 e. The second kappa shape index (κ2) is 6.09. The molecule has 1 N–H and O–H groups in total. The van der Waals surface area contributed by atoms with E-state index in [0.29, 0.717) is 0 Å². The van der Waals surface area contributed by atoms with Gasteiger partial charge in [-0.15, -0.1) is 0 Å². The molecule has 0 bridgehead atoms. The molecule has 144 valence electrons. The summed E-state index contributed by atoms with van der Waals surface area (Å²) in [4.78, 5) is 12.8. The normalized spacial score (nSPS) is 22.9. The highest BCUT2D eigenvalue weighted by Gasteiger charge is 2.62. The smallest absolute Gasteiger partial charge is 0.362 e. The number of rotatable bonds is 2. The number of aryl methyl sites for hydroxylation is 1. The Morgan fingerprint density at radius 1 is 1.26 bits per heavy atom. The predicted molar refractivity (Wildman–Crippen MR) is 94.2 cm³/mol. The van der Waals surface area contributed by atoms with Gasteiger partial charge in [-0.2, -0.15) is 23.3 Å². The van der Waals surface area contributed by atoms with Crippen LogP contribution < -0.4 is 0 Å². The molecule has 2 heterocycles. The van der Waals surface area contributed by atoms with E-state index in [9.17, 15) is 23.1 Å². The summed E-state index contributed by atoms with van der Waals surface area (Å²) in [6, 6.07) is 7.61. The standard InChI is InChI=1S/C19H20F3N3O2/c1-12-10-18(27,19(20,21)22)25(23-12)17(26)11-24-15-8-4-2-6-13(15)14-7-3-5-9-16(14)24/h2,4,6,8,27H,3,5,7,9-11H2,1H3/t18-/m0/s1. The van der Waals surface area contributed by atoms with Crippen LogP contribution in [0.2, 0.25) is 0 Å². The van der Waals surface area contributed by atoms with Crippen molar-refractivity contribution in [1.29, 1.82) is 0 Å². The number of para-hydroxylation sites is 1. The molecule has 2 aliphatic rings. The molecular formula is C19H20F3N3O2. The van der Waals surface area contributed by atoms with Crippen molar-refractivity contribution in [3.8, 4) is 0 Å². The first-order valence-electron chi connectivity index (χ1n) is 8.97. The number of carbonyl (C=O) groups is 1. The Labute approximate surface area is 154 Å². The van der Waals surface area contributed by atoms with E-state index in [0.717, 1.165) is 47.8 Å². The minimum atomic E-state index is -4.98. The Bertz CT molecular complexity index is 948. The van der Waals surface area contributed by atoms with Gasteiger partial charge in [-0.3, -0.25) is 4.79 Å². The van der Waals surface area contributed by atoms with Gasteiger partial charge in [0.05, 0.1) is 0 Å². The average Bonchev–Trinajstić information content (AvgIpc) is 3.11. The molecule has 1 aromatic heterocycles. The van der Waals surface area contributed by atoms with Crippen molar-refractivity contribution in [2.24, 2.45) is 5.10 Å². The molecule has 0 spiro atoms. The van der Waals surface area contributed by atoms with Gasteiger partial charge in [0.25, 0.3) is 11.6 Å². The molecule has 8 heteroatoms. The van der Waals surface area contributed by atoms with E-state index in [1.165, 1.54) is 6.92 Å². The quantitative estimate of drug-likeness (QED) is 0.870. The first-order valence-corrected chi connectivity index (χ1v) is 8.97. The van der Waals surface area contributed by atoms with Crippen molar-refractivity contribution in [2.45, 2.75) is 57.5 Å². The van der Waals surface area contributed by atoms with E-state index in [1.54, 1.807) is 4.57 Å². The van der Waals surface area contributed by atoms with Crippen molar-refractivity contribution in [3.63, 3.8) is 0 Å². The minimum Gasteiger partial charge on any atom is -0.362 e. The van der Waals surface area contributed by atoms with E-state index < -0.39 is 24.2 Å². The number of benzene rings is 1. The van der Waals surface area contributed by atoms with Crippen LogP contribution >= 0.6 is 0 Å². The van der Waals surface area contributed by atoms with E-state index in [2.05, 4.69) is 5.10 Å². The number of alkyl halides is 3. The van der Waals surface area contributed by atoms with Crippen LogP contribution in [-0.2, 0) is 24.2 Å². The van der Waals surface area contributed by atoms with Crippen LogP contribution in [0.1, 0.15) is 37.4 Å². The topological polar surface area (TPSA) is 57.8 Å². The van der Waals surface area contributed by atoms with Gasteiger partial charge >= 0.3 is 6.18 Å². The minimum absolute atomic E-state index is 0.0718. The van der Waals surface area contributed by atoms with E-state index >= 15 is 0 Å². The molecule has 1 aliphatic carbocycles. The summed E-state index contributed by atoms with van der Waals surface area (Å²) >= 11 is 0. The Morgan fingerprint density at radius 2 is 1.96 bits per heavy atom. The number of fused-ring (bicyclic) bond motifs is 3. The van der Waals surface area contributed by atoms with Crippen LogP contribution in [0, 0.1) is 0 Å². The molecule has 1 amide bonds. The Kier molecular flexibility index (Phi) is 4.06. The predicted octanol–water partition coefficient (Wildman–Crippen LogP) is 3.38. The third-order valence-corrected chi connectivity index (χ3v) is 5.39. The van der Waals surface area contributed by atoms with Gasteiger partial charge in [-0.05, 0) is 44.2 Å². The summed E-state index contributed by atoms with van der Waals surface area (Å²) in [5, 5.41) is 15.1. The van der Waals surface area contributed by atoms with Crippen LogP contribution in [0.4, 0.5) is 13.2 Å². The molecule has 1 atom stereocenters. The second-order valence-electron chi connectivity index (χ2n) is 7.27. The van der Waals surface area contributed by atoms with Crippen molar-refractivity contribution in [3.05, 3.63) is 35.5 Å². The highest BCUT2D eigenvalue weighted by Crippen LogP contribution is 2.40. The lowest BCUT2D eigenvalue weighted by Gasteiger charge is -2.33. The summed E-state index contributed by atoms with van der Waals surface area (Å²) in [6.07, 6.45) is -2.01. The number of nitrogens with zero attached hydrogens (tertiary/aromatic N) is 3. The summed E-state index contributed by atoms with van der Waals surface area (Å²) in [5.41, 5.74) is -0.226. The van der Waals surface area contributed by atoms with Crippen LogP contribution in [0.5, 0.6) is 0 Å². The van der Waals surface area contributed by atoms with Gasteiger partial charge in [0.15, 0.2) is 0 Å². The molecule has 27 heavy (non-hydrogen) atoms. The second-order valence-corrected chi connectivity index (χ2v) is 7.27. The number of halogens is 3. The van der Waals surface area contributed by atoms with Crippen LogP contribution in [0.3, 0.4) is 0 Å². The molecule has 0 unspecified atom stereocenters. The van der Waals surface area contributed by atoms with Crippen LogP contribution in [0.15, 0.2) is 29.4 Å². The zero-order chi connectivity index (χ0) is 19.4. The fourth-order valence-corrected chi connectivity index (χ4v) is 4.17. The number of carbonyl (C=O) groups excluding carboxylic acids is 1. The fraction of sp³-hybridized carbons (Fsp3) is 0.474. The monoisotopic (exact) mass is 379 g/mol. The van der Waals surface area contributed by atoms with Gasteiger partial charge in [-0.25, -0.2) is 0 Å². The highest BCUT2D eigenvalue weighted by molar-refractivity contribution is 5.91. The number of hydrogen-bond donors (Lipinski definition) is 1. The van der Waals surface area contributed by atoms with Crippen LogP contribution in [-0.4, -0.2) is 38.2 Å².